The molecular weight excluding hydrogens is 154 g/mol. The van der Waals surface area contributed by atoms with Gasteiger partial charge in [0.1, 0.15) is 12.4 Å². The molecular formula is C9H13NO2. The second-order valence-corrected chi connectivity index (χ2v) is 2.48. The number of aryl methyl sites for hydroxylation is 1. The van der Waals surface area contributed by atoms with Gasteiger partial charge in [-0.2, -0.15) is 0 Å². The number of hydrogen-bond donors (Lipinski definition) is 0. The Morgan fingerprint density at radius 1 is 1.33 bits per heavy atom. The van der Waals surface area contributed by atoms with Crippen LogP contribution in [0.25, 0.3) is 0 Å². The topological polar surface area (TPSA) is 31.4 Å². The predicted molar refractivity (Wildman–Crippen MR) is 46.3 cm³/mol. The van der Waals surface area contributed by atoms with Gasteiger partial charge in [0.25, 0.3) is 0 Å². The predicted octanol–water partition coefficient (Wildman–Crippen LogP) is 1.42. The van der Waals surface area contributed by atoms with E-state index < -0.39 is 0 Å². The Morgan fingerprint density at radius 3 is 2.75 bits per heavy atom. The van der Waals surface area contributed by atoms with Crippen molar-refractivity contribution < 1.29 is 9.47 Å². The molecule has 0 aliphatic heterocycles. The highest BCUT2D eigenvalue weighted by Gasteiger charge is 1.92. The maximum atomic E-state index is 5.31. The van der Waals surface area contributed by atoms with Gasteiger partial charge >= 0.3 is 0 Å². The molecule has 0 saturated heterocycles. The van der Waals surface area contributed by atoms with E-state index in [1.54, 1.807) is 13.3 Å². The van der Waals surface area contributed by atoms with Gasteiger partial charge in [-0.3, -0.25) is 4.98 Å². The summed E-state index contributed by atoms with van der Waals surface area (Å²) in [6.45, 7) is 3.12. The summed E-state index contributed by atoms with van der Waals surface area (Å²) in [6.07, 6.45) is 1.71. The Hall–Kier alpha value is -1.09. The molecule has 0 atom stereocenters. The third kappa shape index (κ3) is 2.88. The van der Waals surface area contributed by atoms with Gasteiger partial charge in [-0.05, 0) is 19.1 Å². The number of methoxy groups -OCH3 is 1. The average molecular weight is 167 g/mol. The standard InChI is InChI=1S/C9H13NO2/c1-8-3-4-9(7-10-8)12-6-5-11-2/h3-4,7H,5-6H2,1-2H3. The van der Waals surface area contributed by atoms with Gasteiger partial charge < -0.3 is 9.47 Å². The van der Waals surface area contributed by atoms with Crippen molar-refractivity contribution >= 4 is 0 Å². The summed E-state index contributed by atoms with van der Waals surface area (Å²) in [5.41, 5.74) is 0.995. The fourth-order valence-corrected chi connectivity index (χ4v) is 0.782. The van der Waals surface area contributed by atoms with Gasteiger partial charge in [0, 0.05) is 12.8 Å². The van der Waals surface area contributed by atoms with Crippen LogP contribution in [0.3, 0.4) is 0 Å². The zero-order valence-corrected chi connectivity index (χ0v) is 7.41. The smallest absolute Gasteiger partial charge is 0.137 e. The Bertz CT molecular complexity index is 220. The van der Waals surface area contributed by atoms with E-state index in [1.165, 1.54) is 0 Å². The largest absolute Gasteiger partial charge is 0.490 e. The minimum atomic E-state index is 0.571. The first kappa shape index (κ1) is 9.00. The normalized spacial score (nSPS) is 9.83. The summed E-state index contributed by atoms with van der Waals surface area (Å²) >= 11 is 0. The molecule has 0 aliphatic carbocycles. The molecule has 0 aromatic carbocycles. The van der Waals surface area contributed by atoms with E-state index in [-0.39, 0.29) is 0 Å². The molecule has 0 bridgehead atoms. The second-order valence-electron chi connectivity index (χ2n) is 2.48. The molecule has 1 aromatic rings. The highest BCUT2D eigenvalue weighted by atomic mass is 16.5. The molecule has 3 nitrogen and oxygen atoms in total. The van der Waals surface area contributed by atoms with Gasteiger partial charge in [-0.1, -0.05) is 0 Å². The van der Waals surface area contributed by atoms with Gasteiger partial charge in [0.15, 0.2) is 0 Å². The van der Waals surface area contributed by atoms with Crippen LogP contribution >= 0.6 is 0 Å². The lowest BCUT2D eigenvalue weighted by molar-refractivity contribution is 0.146. The van der Waals surface area contributed by atoms with Crippen LogP contribution < -0.4 is 4.74 Å². The monoisotopic (exact) mass is 167 g/mol. The van der Waals surface area contributed by atoms with Crippen molar-refractivity contribution in [3.63, 3.8) is 0 Å². The highest BCUT2D eigenvalue weighted by molar-refractivity contribution is 5.18. The van der Waals surface area contributed by atoms with Crippen molar-refractivity contribution in [1.29, 1.82) is 0 Å². The average Bonchev–Trinajstić information content (AvgIpc) is 2.09. The van der Waals surface area contributed by atoms with Crippen molar-refractivity contribution in [1.82, 2.24) is 4.98 Å². The van der Waals surface area contributed by atoms with Gasteiger partial charge in [0.05, 0.1) is 12.8 Å². The molecule has 0 radical (unpaired) electrons. The lowest BCUT2D eigenvalue weighted by Gasteiger charge is -2.04. The van der Waals surface area contributed by atoms with E-state index in [4.69, 9.17) is 9.47 Å². The van der Waals surface area contributed by atoms with E-state index >= 15 is 0 Å². The minimum Gasteiger partial charge on any atom is -0.490 e. The Kier molecular flexibility index (Phi) is 3.54. The quantitative estimate of drug-likeness (QED) is 0.635. The Labute approximate surface area is 72.3 Å². The fraction of sp³-hybridized carbons (Fsp3) is 0.444. The third-order valence-corrected chi connectivity index (χ3v) is 1.44. The van der Waals surface area contributed by atoms with Gasteiger partial charge in [0.2, 0.25) is 0 Å². The van der Waals surface area contributed by atoms with Gasteiger partial charge in [-0.15, -0.1) is 0 Å². The van der Waals surface area contributed by atoms with Crippen LogP contribution in [0.4, 0.5) is 0 Å². The Morgan fingerprint density at radius 2 is 2.17 bits per heavy atom. The van der Waals surface area contributed by atoms with Crippen molar-refractivity contribution in [3.8, 4) is 5.75 Å². The van der Waals surface area contributed by atoms with Gasteiger partial charge in [-0.25, -0.2) is 0 Å². The molecule has 1 aromatic heterocycles. The van der Waals surface area contributed by atoms with E-state index in [2.05, 4.69) is 4.98 Å². The fourth-order valence-electron chi connectivity index (χ4n) is 0.782. The van der Waals surface area contributed by atoms with Crippen molar-refractivity contribution in [2.75, 3.05) is 20.3 Å². The molecule has 3 heteroatoms. The van der Waals surface area contributed by atoms with E-state index in [9.17, 15) is 0 Å². The van der Waals surface area contributed by atoms with Crippen molar-refractivity contribution in [3.05, 3.63) is 24.0 Å². The van der Waals surface area contributed by atoms with Crippen LogP contribution in [0.2, 0.25) is 0 Å². The number of pyridine rings is 1. The summed E-state index contributed by atoms with van der Waals surface area (Å²) in [5.74, 6) is 0.789. The lowest BCUT2D eigenvalue weighted by atomic mass is 10.4. The van der Waals surface area contributed by atoms with Crippen LogP contribution in [0, 0.1) is 6.92 Å². The number of hydrogen-bond acceptors (Lipinski definition) is 3. The molecule has 0 amide bonds. The summed E-state index contributed by atoms with van der Waals surface area (Å²) in [4.78, 5) is 4.09. The SMILES string of the molecule is COCCOc1ccc(C)nc1. The first-order valence-corrected chi connectivity index (χ1v) is 3.87. The van der Waals surface area contributed by atoms with Crippen molar-refractivity contribution in [2.45, 2.75) is 6.92 Å². The molecule has 1 heterocycles. The first-order valence-electron chi connectivity index (χ1n) is 3.87. The minimum absolute atomic E-state index is 0.571. The number of rotatable bonds is 4. The summed E-state index contributed by atoms with van der Waals surface area (Å²) in [6, 6.07) is 3.82. The van der Waals surface area contributed by atoms with E-state index in [0.717, 1.165) is 11.4 Å². The molecule has 1 rings (SSSR count). The molecule has 0 unspecified atom stereocenters. The molecule has 0 aliphatic rings. The summed E-state index contributed by atoms with van der Waals surface area (Å²) in [7, 11) is 1.65. The maximum Gasteiger partial charge on any atom is 0.137 e. The van der Waals surface area contributed by atoms with Crippen LogP contribution in [0.1, 0.15) is 5.69 Å². The lowest BCUT2D eigenvalue weighted by Crippen LogP contribution is -2.04. The molecule has 66 valence electrons. The van der Waals surface area contributed by atoms with Crippen molar-refractivity contribution in [2.24, 2.45) is 0 Å². The third-order valence-electron chi connectivity index (χ3n) is 1.44. The van der Waals surface area contributed by atoms with Crippen LogP contribution in [-0.4, -0.2) is 25.3 Å². The molecule has 0 N–H and O–H groups in total. The van der Waals surface area contributed by atoms with Crippen LogP contribution in [0.15, 0.2) is 18.3 Å². The molecule has 0 saturated carbocycles. The van der Waals surface area contributed by atoms with Crippen LogP contribution in [0.5, 0.6) is 5.75 Å². The van der Waals surface area contributed by atoms with E-state index in [1.807, 2.05) is 19.1 Å². The summed E-state index contributed by atoms with van der Waals surface area (Å²) in [5, 5.41) is 0. The maximum absolute atomic E-state index is 5.31. The number of nitrogens with zero attached hydrogens (tertiary/aromatic N) is 1. The zero-order chi connectivity index (χ0) is 8.81. The molecule has 0 fully saturated rings. The number of aromatic nitrogens is 1. The molecule has 0 spiro atoms. The summed E-state index contributed by atoms with van der Waals surface area (Å²) < 4.78 is 10.2. The first-order chi connectivity index (χ1) is 5.83. The number of ether oxygens (including phenoxy) is 2. The zero-order valence-electron chi connectivity index (χ0n) is 7.41. The van der Waals surface area contributed by atoms with Crippen LogP contribution in [-0.2, 0) is 4.74 Å². The highest BCUT2D eigenvalue weighted by Crippen LogP contribution is 2.07. The van der Waals surface area contributed by atoms with E-state index in [0.29, 0.717) is 13.2 Å². The molecule has 12 heavy (non-hydrogen) atoms. The Balaban J connectivity index is 2.37. The second kappa shape index (κ2) is 4.72.